The summed E-state index contributed by atoms with van der Waals surface area (Å²) >= 11 is 0. The number of aryl methyl sites for hydroxylation is 1. The highest BCUT2D eigenvalue weighted by Gasteiger charge is 2.17. The van der Waals surface area contributed by atoms with Crippen molar-refractivity contribution in [1.29, 1.82) is 0 Å². The second-order valence-corrected chi connectivity index (χ2v) is 8.11. The zero-order valence-corrected chi connectivity index (χ0v) is 20.5. The Hall–Kier alpha value is -4.53. The normalized spacial score (nSPS) is 11.1. The highest BCUT2D eigenvalue weighted by atomic mass is 16.5. The van der Waals surface area contributed by atoms with E-state index in [0.29, 0.717) is 52.4 Å². The molecule has 0 unspecified atom stereocenters. The SMILES string of the molecule is CCOc1ccccc1-c1nc(Cn2ccn3nc(-c4ccc(OC)c(OC)c4)cc3c2=O)c(C)o1. The van der Waals surface area contributed by atoms with E-state index in [4.69, 9.17) is 18.6 Å². The van der Waals surface area contributed by atoms with E-state index in [1.54, 1.807) is 41.8 Å². The highest BCUT2D eigenvalue weighted by molar-refractivity contribution is 5.68. The van der Waals surface area contributed by atoms with Gasteiger partial charge in [0.1, 0.15) is 22.7 Å². The van der Waals surface area contributed by atoms with Crippen LogP contribution in [0.4, 0.5) is 0 Å². The minimum absolute atomic E-state index is 0.185. The summed E-state index contributed by atoms with van der Waals surface area (Å²) < 4.78 is 25.5. The van der Waals surface area contributed by atoms with Crippen molar-refractivity contribution >= 4 is 5.52 Å². The number of hydrogen-bond acceptors (Lipinski definition) is 7. The molecule has 184 valence electrons. The zero-order valence-electron chi connectivity index (χ0n) is 20.5. The molecule has 0 radical (unpaired) electrons. The number of oxazole rings is 1. The summed E-state index contributed by atoms with van der Waals surface area (Å²) in [5.41, 5.74) is 3.17. The molecule has 0 spiro atoms. The van der Waals surface area contributed by atoms with Crippen molar-refractivity contribution in [2.24, 2.45) is 0 Å². The van der Waals surface area contributed by atoms with Gasteiger partial charge in [-0.2, -0.15) is 5.10 Å². The van der Waals surface area contributed by atoms with Crippen LogP contribution in [0.25, 0.3) is 28.2 Å². The van der Waals surface area contributed by atoms with Crippen LogP contribution < -0.4 is 19.8 Å². The Morgan fingerprint density at radius 1 is 0.972 bits per heavy atom. The summed E-state index contributed by atoms with van der Waals surface area (Å²) in [6.07, 6.45) is 3.45. The molecule has 0 aliphatic rings. The van der Waals surface area contributed by atoms with Crippen LogP contribution in [0.5, 0.6) is 17.2 Å². The molecule has 0 aliphatic heterocycles. The summed E-state index contributed by atoms with van der Waals surface area (Å²) in [6.45, 7) is 4.57. The first kappa shape index (κ1) is 23.2. The molecule has 5 rings (SSSR count). The lowest BCUT2D eigenvalue weighted by atomic mass is 10.1. The first-order chi connectivity index (χ1) is 17.5. The maximum atomic E-state index is 13.3. The van der Waals surface area contributed by atoms with Gasteiger partial charge in [-0.25, -0.2) is 9.50 Å². The molecule has 0 fully saturated rings. The molecular weight excluding hydrogens is 460 g/mol. The van der Waals surface area contributed by atoms with Crippen molar-refractivity contribution in [2.45, 2.75) is 20.4 Å². The van der Waals surface area contributed by atoms with Gasteiger partial charge in [-0.1, -0.05) is 12.1 Å². The lowest BCUT2D eigenvalue weighted by Crippen LogP contribution is -2.22. The Balaban J connectivity index is 1.47. The third-order valence-corrected chi connectivity index (χ3v) is 5.91. The summed E-state index contributed by atoms with van der Waals surface area (Å²) in [5.74, 6) is 3.02. The molecule has 2 aromatic carbocycles. The van der Waals surface area contributed by atoms with Gasteiger partial charge in [-0.15, -0.1) is 0 Å². The molecule has 9 heteroatoms. The number of para-hydroxylation sites is 1. The Labute approximate surface area is 207 Å². The third-order valence-electron chi connectivity index (χ3n) is 5.91. The molecule has 3 heterocycles. The summed E-state index contributed by atoms with van der Waals surface area (Å²) in [7, 11) is 3.17. The van der Waals surface area contributed by atoms with E-state index < -0.39 is 0 Å². The lowest BCUT2D eigenvalue weighted by molar-refractivity contribution is 0.340. The van der Waals surface area contributed by atoms with Crippen molar-refractivity contribution in [2.75, 3.05) is 20.8 Å². The number of benzene rings is 2. The van der Waals surface area contributed by atoms with Crippen LogP contribution in [-0.4, -0.2) is 40.0 Å². The molecular formula is C27H26N4O5. The van der Waals surface area contributed by atoms with E-state index in [1.165, 1.54) is 0 Å². The van der Waals surface area contributed by atoms with Crippen molar-refractivity contribution in [3.05, 3.63) is 82.7 Å². The quantitative estimate of drug-likeness (QED) is 0.317. The van der Waals surface area contributed by atoms with Crippen LogP contribution in [0.3, 0.4) is 0 Å². The average Bonchev–Trinajstić information content (AvgIpc) is 3.50. The molecule has 0 saturated carbocycles. The highest BCUT2D eigenvalue weighted by Crippen LogP contribution is 2.32. The number of rotatable bonds is 8. The first-order valence-electron chi connectivity index (χ1n) is 11.5. The maximum Gasteiger partial charge on any atom is 0.276 e. The van der Waals surface area contributed by atoms with Crippen molar-refractivity contribution in [3.63, 3.8) is 0 Å². The molecule has 0 atom stereocenters. The Bertz CT molecular complexity index is 1600. The van der Waals surface area contributed by atoms with E-state index in [9.17, 15) is 4.79 Å². The van der Waals surface area contributed by atoms with Gasteiger partial charge in [0, 0.05) is 18.0 Å². The van der Waals surface area contributed by atoms with Crippen LogP contribution in [0, 0.1) is 6.92 Å². The Kier molecular flexibility index (Phi) is 6.20. The third kappa shape index (κ3) is 4.19. The van der Waals surface area contributed by atoms with Crippen LogP contribution in [0.2, 0.25) is 0 Å². The second-order valence-electron chi connectivity index (χ2n) is 8.11. The van der Waals surface area contributed by atoms with Crippen LogP contribution >= 0.6 is 0 Å². The predicted molar refractivity (Wildman–Crippen MR) is 135 cm³/mol. The first-order valence-corrected chi connectivity index (χ1v) is 11.5. The number of aromatic nitrogens is 4. The molecule has 0 bridgehead atoms. The lowest BCUT2D eigenvalue weighted by Gasteiger charge is -2.08. The molecule has 0 aliphatic carbocycles. The number of hydrogen-bond donors (Lipinski definition) is 0. The maximum absolute atomic E-state index is 13.3. The fourth-order valence-corrected chi connectivity index (χ4v) is 4.06. The Morgan fingerprint density at radius 3 is 2.56 bits per heavy atom. The summed E-state index contributed by atoms with van der Waals surface area (Å²) in [6, 6.07) is 14.9. The van der Waals surface area contributed by atoms with Crippen molar-refractivity contribution < 1.29 is 18.6 Å². The molecule has 0 amide bonds. The van der Waals surface area contributed by atoms with E-state index in [1.807, 2.05) is 56.3 Å². The minimum atomic E-state index is -0.185. The smallest absolute Gasteiger partial charge is 0.276 e. The number of ether oxygens (including phenoxy) is 3. The summed E-state index contributed by atoms with van der Waals surface area (Å²) in [4.78, 5) is 18.0. The van der Waals surface area contributed by atoms with E-state index in [-0.39, 0.29) is 12.1 Å². The van der Waals surface area contributed by atoms with Gasteiger partial charge in [0.25, 0.3) is 5.56 Å². The molecule has 3 aromatic heterocycles. The van der Waals surface area contributed by atoms with Gasteiger partial charge >= 0.3 is 0 Å². The van der Waals surface area contributed by atoms with Crippen LogP contribution in [-0.2, 0) is 6.54 Å². The van der Waals surface area contributed by atoms with Gasteiger partial charge in [0.15, 0.2) is 11.5 Å². The molecule has 0 saturated heterocycles. The standard InChI is InChI=1S/C27H26N4O5/c1-5-35-23-9-7-6-8-19(23)26-28-21(17(2)36-26)16-30-12-13-31-22(27(30)32)15-20(29-31)18-10-11-24(33-3)25(14-18)34-4/h6-15H,5,16H2,1-4H3. The van der Waals surface area contributed by atoms with Crippen LogP contribution in [0.15, 0.2) is 70.1 Å². The monoisotopic (exact) mass is 486 g/mol. The average molecular weight is 487 g/mol. The predicted octanol–water partition coefficient (Wildman–Crippen LogP) is 4.59. The van der Waals surface area contributed by atoms with E-state index >= 15 is 0 Å². The van der Waals surface area contributed by atoms with Crippen LogP contribution in [0.1, 0.15) is 18.4 Å². The molecule has 5 aromatic rings. The summed E-state index contributed by atoms with van der Waals surface area (Å²) in [5, 5.41) is 4.57. The number of fused-ring (bicyclic) bond motifs is 1. The van der Waals surface area contributed by atoms with Gasteiger partial charge in [0.05, 0.1) is 38.6 Å². The second kappa shape index (κ2) is 9.61. The minimum Gasteiger partial charge on any atom is -0.493 e. The largest absolute Gasteiger partial charge is 0.493 e. The van der Waals surface area contributed by atoms with Gasteiger partial charge in [-0.05, 0) is 50.2 Å². The van der Waals surface area contributed by atoms with E-state index in [2.05, 4.69) is 10.1 Å². The number of nitrogens with zero attached hydrogens (tertiary/aromatic N) is 4. The molecule has 9 nitrogen and oxygen atoms in total. The zero-order chi connectivity index (χ0) is 25.2. The van der Waals surface area contributed by atoms with Gasteiger partial charge in [-0.3, -0.25) is 4.79 Å². The number of methoxy groups -OCH3 is 2. The van der Waals surface area contributed by atoms with Gasteiger partial charge < -0.3 is 23.2 Å². The fourth-order valence-electron chi connectivity index (χ4n) is 4.06. The Morgan fingerprint density at radius 2 is 1.78 bits per heavy atom. The topological polar surface area (TPSA) is 93.0 Å². The molecule has 0 N–H and O–H groups in total. The molecule has 36 heavy (non-hydrogen) atoms. The van der Waals surface area contributed by atoms with E-state index in [0.717, 1.165) is 11.1 Å². The van der Waals surface area contributed by atoms with Crippen molar-refractivity contribution in [3.8, 4) is 40.0 Å². The fraction of sp³-hybridized carbons (Fsp3) is 0.222. The van der Waals surface area contributed by atoms with Crippen molar-refractivity contribution in [1.82, 2.24) is 19.2 Å². The van der Waals surface area contributed by atoms with Gasteiger partial charge in [0.2, 0.25) is 5.89 Å².